The molecule has 1 heteroatoms. The van der Waals surface area contributed by atoms with Crippen molar-refractivity contribution < 1.29 is 0 Å². The van der Waals surface area contributed by atoms with Gasteiger partial charge >= 0.3 is 0 Å². The maximum atomic E-state index is 3.62. The normalized spacial score (nSPS) is 26.5. The molecule has 0 radical (unpaired) electrons. The number of hydrogen-bond donors (Lipinski definition) is 1. The van der Waals surface area contributed by atoms with Gasteiger partial charge in [-0.1, -0.05) is 58.4 Å². The van der Waals surface area contributed by atoms with Crippen molar-refractivity contribution in [3.8, 4) is 0 Å². The molecule has 0 aliphatic heterocycles. The molecule has 0 aromatic heterocycles. The Balaban J connectivity index is 1.99. The van der Waals surface area contributed by atoms with Gasteiger partial charge in [-0.25, -0.2) is 0 Å². The molecule has 3 atom stereocenters. The van der Waals surface area contributed by atoms with Crippen molar-refractivity contribution >= 4 is 0 Å². The predicted molar refractivity (Wildman–Crippen MR) is 83.6 cm³/mol. The van der Waals surface area contributed by atoms with Crippen LogP contribution >= 0.6 is 0 Å². The Morgan fingerprint density at radius 2 is 1.84 bits per heavy atom. The van der Waals surface area contributed by atoms with E-state index in [1.54, 1.807) is 5.56 Å². The molecule has 1 aromatic rings. The van der Waals surface area contributed by atoms with E-state index in [9.17, 15) is 0 Å². The molecule has 1 aliphatic rings. The van der Waals surface area contributed by atoms with E-state index >= 15 is 0 Å². The van der Waals surface area contributed by atoms with Crippen LogP contribution in [0.15, 0.2) is 24.3 Å². The smallest absolute Gasteiger partial charge is 0.0107 e. The lowest BCUT2D eigenvalue weighted by Crippen LogP contribution is -2.48. The first-order valence-electron chi connectivity index (χ1n) is 7.97. The highest BCUT2D eigenvalue weighted by Crippen LogP contribution is 2.44. The topological polar surface area (TPSA) is 12.0 Å². The van der Waals surface area contributed by atoms with Gasteiger partial charge in [0.05, 0.1) is 0 Å². The molecule has 0 spiro atoms. The largest absolute Gasteiger partial charge is 0.314 e. The Hall–Kier alpha value is -0.820. The lowest BCUT2D eigenvalue weighted by Gasteiger charge is -2.45. The summed E-state index contributed by atoms with van der Waals surface area (Å²) in [7, 11) is 0. The quantitative estimate of drug-likeness (QED) is 0.799. The van der Waals surface area contributed by atoms with E-state index in [-0.39, 0.29) is 0 Å². The second-order valence-electron chi connectivity index (χ2n) is 6.42. The Kier molecular flexibility index (Phi) is 5.04. The summed E-state index contributed by atoms with van der Waals surface area (Å²) in [6.45, 7) is 10.2. The van der Waals surface area contributed by atoms with Gasteiger partial charge in [0.2, 0.25) is 0 Å². The first kappa shape index (κ1) is 14.6. The third kappa shape index (κ3) is 3.39. The van der Waals surface area contributed by atoms with E-state index in [1.807, 2.05) is 0 Å². The van der Waals surface area contributed by atoms with Gasteiger partial charge in [-0.3, -0.25) is 0 Å². The van der Waals surface area contributed by atoms with Gasteiger partial charge in [0.15, 0.2) is 0 Å². The average Bonchev–Trinajstić information content (AvgIpc) is 2.35. The molecule has 1 saturated carbocycles. The summed E-state index contributed by atoms with van der Waals surface area (Å²) < 4.78 is 0. The molecule has 0 bridgehead atoms. The zero-order chi connectivity index (χ0) is 13.8. The SMILES string of the molecule is CCNC1CC(c2ccc(CC(C)C)cc2)C1CC. The molecule has 2 rings (SSSR count). The van der Waals surface area contributed by atoms with Crippen LogP contribution in [0, 0.1) is 11.8 Å². The average molecular weight is 259 g/mol. The first-order chi connectivity index (χ1) is 9.15. The van der Waals surface area contributed by atoms with Crippen LogP contribution in [0.2, 0.25) is 0 Å². The number of hydrogen-bond acceptors (Lipinski definition) is 1. The molecule has 1 fully saturated rings. The maximum Gasteiger partial charge on any atom is 0.0107 e. The van der Waals surface area contributed by atoms with Crippen LogP contribution in [-0.4, -0.2) is 12.6 Å². The van der Waals surface area contributed by atoms with Gasteiger partial charge in [-0.2, -0.15) is 0 Å². The van der Waals surface area contributed by atoms with Crippen molar-refractivity contribution in [3.05, 3.63) is 35.4 Å². The third-order valence-electron chi connectivity index (χ3n) is 4.53. The zero-order valence-electron chi connectivity index (χ0n) is 12.9. The molecular weight excluding hydrogens is 230 g/mol. The second-order valence-corrected chi connectivity index (χ2v) is 6.42. The monoisotopic (exact) mass is 259 g/mol. The van der Waals surface area contributed by atoms with E-state index in [0.717, 1.165) is 30.3 Å². The van der Waals surface area contributed by atoms with Crippen molar-refractivity contribution in [2.75, 3.05) is 6.54 Å². The van der Waals surface area contributed by atoms with Crippen molar-refractivity contribution in [1.29, 1.82) is 0 Å². The van der Waals surface area contributed by atoms with Crippen LogP contribution in [-0.2, 0) is 6.42 Å². The van der Waals surface area contributed by atoms with E-state index in [1.165, 1.54) is 24.8 Å². The molecule has 106 valence electrons. The van der Waals surface area contributed by atoms with Gasteiger partial charge in [0.25, 0.3) is 0 Å². The highest BCUT2D eigenvalue weighted by atomic mass is 14.9. The summed E-state index contributed by atoms with van der Waals surface area (Å²) in [5, 5.41) is 3.62. The Morgan fingerprint density at radius 3 is 2.37 bits per heavy atom. The lowest BCUT2D eigenvalue weighted by molar-refractivity contribution is 0.163. The molecule has 19 heavy (non-hydrogen) atoms. The Bertz CT molecular complexity index is 379. The van der Waals surface area contributed by atoms with Crippen molar-refractivity contribution in [2.45, 2.75) is 58.9 Å². The van der Waals surface area contributed by atoms with Gasteiger partial charge in [-0.05, 0) is 48.3 Å². The van der Waals surface area contributed by atoms with Crippen molar-refractivity contribution in [1.82, 2.24) is 5.32 Å². The van der Waals surface area contributed by atoms with Gasteiger partial charge in [-0.15, -0.1) is 0 Å². The van der Waals surface area contributed by atoms with Crippen LogP contribution in [0.1, 0.15) is 57.6 Å². The minimum Gasteiger partial charge on any atom is -0.314 e. The van der Waals surface area contributed by atoms with Crippen LogP contribution in [0.25, 0.3) is 0 Å². The van der Waals surface area contributed by atoms with Crippen molar-refractivity contribution in [2.24, 2.45) is 11.8 Å². The second kappa shape index (κ2) is 6.56. The molecule has 0 heterocycles. The molecule has 3 unspecified atom stereocenters. The summed E-state index contributed by atoms with van der Waals surface area (Å²) in [6, 6.07) is 10.2. The Labute approximate surface area is 118 Å². The zero-order valence-corrected chi connectivity index (χ0v) is 12.9. The van der Waals surface area contributed by atoms with Crippen LogP contribution in [0.3, 0.4) is 0 Å². The van der Waals surface area contributed by atoms with Gasteiger partial charge in [0, 0.05) is 6.04 Å². The third-order valence-corrected chi connectivity index (χ3v) is 4.53. The minimum atomic E-state index is 0.746. The van der Waals surface area contributed by atoms with Gasteiger partial charge in [0.1, 0.15) is 0 Å². The van der Waals surface area contributed by atoms with Gasteiger partial charge < -0.3 is 5.32 Å². The summed E-state index contributed by atoms with van der Waals surface area (Å²) in [5.41, 5.74) is 3.03. The fourth-order valence-corrected chi connectivity index (χ4v) is 3.53. The molecule has 0 saturated heterocycles. The number of benzene rings is 1. The summed E-state index contributed by atoms with van der Waals surface area (Å²) >= 11 is 0. The Morgan fingerprint density at radius 1 is 1.16 bits per heavy atom. The molecule has 1 aromatic carbocycles. The molecule has 1 N–H and O–H groups in total. The highest BCUT2D eigenvalue weighted by molar-refractivity contribution is 5.29. The lowest BCUT2D eigenvalue weighted by atomic mass is 9.65. The number of nitrogens with one attached hydrogen (secondary N) is 1. The predicted octanol–water partition coefficient (Wildman–Crippen LogP) is 4.38. The molecule has 1 aliphatic carbocycles. The van der Waals surface area contributed by atoms with E-state index < -0.39 is 0 Å². The fourth-order valence-electron chi connectivity index (χ4n) is 3.53. The standard InChI is InChI=1S/C18H29N/c1-5-16-17(12-18(16)19-6-2)15-9-7-14(8-10-15)11-13(3)4/h7-10,13,16-19H,5-6,11-12H2,1-4H3. The summed E-state index contributed by atoms with van der Waals surface area (Å²) in [5.74, 6) is 2.36. The van der Waals surface area contributed by atoms with E-state index in [4.69, 9.17) is 0 Å². The fraction of sp³-hybridized carbons (Fsp3) is 0.667. The summed E-state index contributed by atoms with van der Waals surface area (Å²) in [6.07, 6.45) is 3.80. The van der Waals surface area contributed by atoms with Crippen molar-refractivity contribution in [3.63, 3.8) is 0 Å². The molecular formula is C18H29N. The van der Waals surface area contributed by atoms with Crippen LogP contribution in [0.5, 0.6) is 0 Å². The number of rotatable bonds is 6. The maximum absolute atomic E-state index is 3.62. The first-order valence-corrected chi connectivity index (χ1v) is 7.97. The highest BCUT2D eigenvalue weighted by Gasteiger charge is 2.39. The molecule has 1 nitrogen and oxygen atoms in total. The summed E-state index contributed by atoms with van der Waals surface area (Å²) in [4.78, 5) is 0. The van der Waals surface area contributed by atoms with E-state index in [2.05, 4.69) is 57.3 Å². The van der Waals surface area contributed by atoms with Crippen LogP contribution < -0.4 is 5.32 Å². The minimum absolute atomic E-state index is 0.746. The molecule has 0 amide bonds. The van der Waals surface area contributed by atoms with Crippen LogP contribution in [0.4, 0.5) is 0 Å². The van der Waals surface area contributed by atoms with E-state index in [0.29, 0.717) is 0 Å².